The van der Waals surface area contributed by atoms with Gasteiger partial charge in [0.1, 0.15) is 0 Å². The van der Waals surface area contributed by atoms with Gasteiger partial charge in [-0.3, -0.25) is 9.69 Å². The number of aromatic amines is 1. The van der Waals surface area contributed by atoms with E-state index in [1.54, 1.807) is 20.3 Å². The molecule has 0 radical (unpaired) electrons. The van der Waals surface area contributed by atoms with E-state index in [0.717, 1.165) is 57.7 Å². The third kappa shape index (κ3) is 7.06. The third-order valence-electron chi connectivity index (χ3n) is 5.74. The molecule has 3 rings (SSSR count). The van der Waals surface area contributed by atoms with Crippen LogP contribution in [-0.2, 0) is 11.3 Å². The molecule has 0 spiro atoms. The topological polar surface area (TPSA) is 79.1 Å². The van der Waals surface area contributed by atoms with Crippen molar-refractivity contribution in [3.05, 3.63) is 34.1 Å². The number of hydrogen-bond donors (Lipinski definition) is 2. The van der Waals surface area contributed by atoms with Gasteiger partial charge in [-0.1, -0.05) is 13.8 Å². The number of hydrogen-bond acceptors (Lipinski definition) is 6. The average molecular weight is 477 g/mol. The van der Waals surface area contributed by atoms with Crippen molar-refractivity contribution in [3.8, 4) is 11.5 Å². The molecule has 0 aliphatic carbocycles. The van der Waals surface area contributed by atoms with Crippen molar-refractivity contribution in [2.45, 2.75) is 26.8 Å². The summed E-state index contributed by atoms with van der Waals surface area (Å²) in [7, 11) is 3.18. The minimum atomic E-state index is -0.125. The SMILES string of the molecule is COc1cc2cc(CN(CCCN3CCOCC3)C(=S)NCC(C)C)c(=O)[nH]c2cc1OC. The number of H-pyrrole nitrogens is 1. The lowest BCUT2D eigenvalue weighted by atomic mass is 10.1. The quantitative estimate of drug-likeness (QED) is 0.507. The zero-order valence-electron chi connectivity index (χ0n) is 20.1. The van der Waals surface area contributed by atoms with Gasteiger partial charge < -0.3 is 29.4 Å². The van der Waals surface area contributed by atoms with Crippen molar-refractivity contribution in [1.82, 2.24) is 20.1 Å². The van der Waals surface area contributed by atoms with Crippen LogP contribution in [0.4, 0.5) is 0 Å². The molecule has 1 aliphatic heterocycles. The van der Waals surface area contributed by atoms with Gasteiger partial charge in [0, 0.05) is 49.7 Å². The Morgan fingerprint density at radius 2 is 1.91 bits per heavy atom. The molecule has 9 heteroatoms. The highest BCUT2D eigenvalue weighted by Crippen LogP contribution is 2.31. The van der Waals surface area contributed by atoms with Crippen LogP contribution < -0.4 is 20.3 Å². The second kappa shape index (κ2) is 12.2. The summed E-state index contributed by atoms with van der Waals surface area (Å²) in [4.78, 5) is 20.4. The summed E-state index contributed by atoms with van der Waals surface area (Å²) < 4.78 is 16.2. The maximum absolute atomic E-state index is 12.9. The number of nitrogens with zero attached hydrogens (tertiary/aromatic N) is 2. The predicted molar refractivity (Wildman–Crippen MR) is 135 cm³/mol. The summed E-state index contributed by atoms with van der Waals surface area (Å²) in [6.07, 6.45) is 0.958. The van der Waals surface area contributed by atoms with Crippen molar-refractivity contribution < 1.29 is 14.2 Å². The Hall–Kier alpha value is -2.36. The number of aromatic nitrogens is 1. The van der Waals surface area contributed by atoms with Crippen LogP contribution in [0.2, 0.25) is 0 Å². The zero-order valence-corrected chi connectivity index (χ0v) is 20.9. The van der Waals surface area contributed by atoms with Gasteiger partial charge in [-0.05, 0) is 36.7 Å². The van der Waals surface area contributed by atoms with Gasteiger partial charge in [0.05, 0.1) is 39.5 Å². The summed E-state index contributed by atoms with van der Waals surface area (Å²) >= 11 is 5.71. The number of methoxy groups -OCH3 is 2. The van der Waals surface area contributed by atoms with Crippen LogP contribution >= 0.6 is 12.2 Å². The molecule has 0 saturated carbocycles. The van der Waals surface area contributed by atoms with Crippen molar-refractivity contribution in [1.29, 1.82) is 0 Å². The first-order chi connectivity index (χ1) is 15.9. The molecule has 1 aliphatic rings. The zero-order chi connectivity index (χ0) is 23.8. The minimum absolute atomic E-state index is 0.125. The van der Waals surface area contributed by atoms with Crippen molar-refractivity contribution in [2.75, 3.05) is 60.2 Å². The van der Waals surface area contributed by atoms with E-state index in [9.17, 15) is 4.79 Å². The van der Waals surface area contributed by atoms with Crippen LogP contribution in [0.1, 0.15) is 25.8 Å². The first-order valence-corrected chi connectivity index (χ1v) is 11.9. The van der Waals surface area contributed by atoms with Crippen molar-refractivity contribution in [3.63, 3.8) is 0 Å². The second-order valence-electron chi connectivity index (χ2n) is 8.73. The molecule has 182 valence electrons. The fourth-order valence-corrected chi connectivity index (χ4v) is 4.11. The molecule has 8 nitrogen and oxygen atoms in total. The van der Waals surface area contributed by atoms with Gasteiger partial charge in [0.25, 0.3) is 5.56 Å². The van der Waals surface area contributed by atoms with Crippen LogP contribution in [0.5, 0.6) is 11.5 Å². The highest BCUT2D eigenvalue weighted by molar-refractivity contribution is 7.80. The minimum Gasteiger partial charge on any atom is -0.493 e. The molecule has 33 heavy (non-hydrogen) atoms. The molecule has 0 amide bonds. The largest absolute Gasteiger partial charge is 0.493 e. The maximum Gasteiger partial charge on any atom is 0.253 e. The van der Waals surface area contributed by atoms with Crippen molar-refractivity contribution in [2.24, 2.45) is 5.92 Å². The Bertz CT molecular complexity index is 988. The molecule has 0 bridgehead atoms. The lowest BCUT2D eigenvalue weighted by Gasteiger charge is -2.30. The summed E-state index contributed by atoms with van der Waals surface area (Å²) in [5.41, 5.74) is 1.25. The predicted octanol–water partition coefficient (Wildman–Crippen LogP) is 2.60. The number of thiocarbonyl (C=S) groups is 1. The summed E-state index contributed by atoms with van der Waals surface area (Å²) in [5, 5.41) is 4.92. The van der Waals surface area contributed by atoms with E-state index in [4.69, 9.17) is 26.4 Å². The Morgan fingerprint density at radius 1 is 1.21 bits per heavy atom. The third-order valence-corrected chi connectivity index (χ3v) is 6.14. The maximum atomic E-state index is 12.9. The van der Waals surface area contributed by atoms with E-state index in [-0.39, 0.29) is 5.56 Å². The molecular weight excluding hydrogens is 440 g/mol. The molecule has 0 unspecified atom stereocenters. The van der Waals surface area contributed by atoms with E-state index in [2.05, 4.69) is 33.9 Å². The molecule has 1 aromatic heterocycles. The van der Waals surface area contributed by atoms with E-state index in [1.165, 1.54) is 0 Å². The molecule has 2 heterocycles. The number of pyridine rings is 1. The molecule has 1 saturated heterocycles. The number of fused-ring (bicyclic) bond motifs is 1. The molecule has 2 N–H and O–H groups in total. The van der Waals surface area contributed by atoms with Crippen LogP contribution in [0, 0.1) is 5.92 Å². The molecule has 0 atom stereocenters. The molecule has 1 aromatic carbocycles. The Kier molecular flexibility index (Phi) is 9.34. The van der Waals surface area contributed by atoms with Crippen LogP contribution in [-0.4, -0.2) is 80.1 Å². The molecule has 2 aromatic rings. The molecule has 1 fully saturated rings. The van der Waals surface area contributed by atoms with Crippen LogP contribution in [0.15, 0.2) is 23.0 Å². The van der Waals surface area contributed by atoms with Crippen LogP contribution in [0.25, 0.3) is 10.9 Å². The normalized spacial score (nSPS) is 14.5. The number of ether oxygens (including phenoxy) is 3. The first-order valence-electron chi connectivity index (χ1n) is 11.5. The van der Waals surface area contributed by atoms with E-state index in [0.29, 0.717) is 40.2 Å². The fraction of sp³-hybridized carbons (Fsp3) is 0.583. The highest BCUT2D eigenvalue weighted by atomic mass is 32.1. The standard InChI is InChI=1S/C24H36N4O4S/c1-17(2)15-25-24(33)28(7-5-6-27-8-10-32-11-9-27)16-19-12-18-13-21(30-3)22(31-4)14-20(18)26-23(19)29/h12-14,17H,5-11,15-16H2,1-4H3,(H,25,33)(H,26,29). The van der Waals surface area contributed by atoms with Gasteiger partial charge in [0.2, 0.25) is 0 Å². The van der Waals surface area contributed by atoms with E-state index in [1.807, 2.05) is 12.1 Å². The van der Waals surface area contributed by atoms with Gasteiger partial charge in [-0.2, -0.15) is 0 Å². The fourth-order valence-electron chi connectivity index (χ4n) is 3.87. The van der Waals surface area contributed by atoms with Gasteiger partial charge in [0.15, 0.2) is 16.6 Å². The summed E-state index contributed by atoms with van der Waals surface area (Å²) in [5.74, 6) is 1.68. The lowest BCUT2D eigenvalue weighted by Crippen LogP contribution is -2.43. The smallest absolute Gasteiger partial charge is 0.253 e. The Balaban J connectivity index is 1.78. The van der Waals surface area contributed by atoms with E-state index >= 15 is 0 Å². The van der Waals surface area contributed by atoms with Gasteiger partial charge in [-0.25, -0.2) is 0 Å². The number of benzene rings is 1. The number of rotatable bonds is 10. The van der Waals surface area contributed by atoms with E-state index < -0.39 is 0 Å². The second-order valence-corrected chi connectivity index (χ2v) is 9.11. The Labute approximate surface area is 201 Å². The lowest BCUT2D eigenvalue weighted by molar-refractivity contribution is 0.0367. The van der Waals surface area contributed by atoms with Gasteiger partial charge >= 0.3 is 0 Å². The molecular formula is C24H36N4O4S. The monoisotopic (exact) mass is 476 g/mol. The first kappa shape index (κ1) is 25.3. The number of nitrogens with one attached hydrogen (secondary N) is 2. The van der Waals surface area contributed by atoms with Crippen molar-refractivity contribution >= 4 is 28.2 Å². The highest BCUT2D eigenvalue weighted by Gasteiger charge is 2.16. The number of morpholine rings is 1. The Morgan fingerprint density at radius 3 is 2.58 bits per heavy atom. The summed E-state index contributed by atoms with van der Waals surface area (Å²) in [6, 6.07) is 5.58. The van der Waals surface area contributed by atoms with Crippen LogP contribution in [0.3, 0.4) is 0 Å². The summed E-state index contributed by atoms with van der Waals surface area (Å²) in [6.45, 7) is 10.8. The average Bonchev–Trinajstić information content (AvgIpc) is 2.82. The van der Waals surface area contributed by atoms with Gasteiger partial charge in [-0.15, -0.1) is 0 Å².